The van der Waals surface area contributed by atoms with Crippen molar-refractivity contribution >= 4 is 23.2 Å². The third kappa shape index (κ3) is 3.68. The monoisotopic (exact) mass is 292 g/mol. The molecule has 8 nitrogen and oxygen atoms in total. The Morgan fingerprint density at radius 2 is 2.10 bits per heavy atom. The highest BCUT2D eigenvalue weighted by Gasteiger charge is 2.26. The fraction of sp³-hybridized carbons (Fsp3) is 0.385. The maximum absolute atomic E-state index is 12.0. The van der Waals surface area contributed by atoms with Crippen LogP contribution in [0.5, 0.6) is 0 Å². The van der Waals surface area contributed by atoms with Crippen LogP contribution in [0.4, 0.5) is 11.4 Å². The number of nitro benzene ring substituents is 1. The molecule has 4 N–H and O–H groups in total. The minimum Gasteiger partial charge on any atom is -0.393 e. The molecular weight excluding hydrogens is 276 g/mol. The fourth-order valence-electron chi connectivity index (χ4n) is 1.76. The molecule has 2 rings (SSSR count). The number of anilines is 1. The van der Waals surface area contributed by atoms with E-state index in [1.165, 1.54) is 18.2 Å². The van der Waals surface area contributed by atoms with Crippen LogP contribution in [-0.4, -0.2) is 28.8 Å². The molecule has 0 saturated heterocycles. The predicted octanol–water partition coefficient (Wildman–Crippen LogP) is 0.574. The molecule has 0 aliphatic heterocycles. The van der Waals surface area contributed by atoms with E-state index in [9.17, 15) is 19.7 Å². The second-order valence-electron chi connectivity index (χ2n) is 5.01. The van der Waals surface area contributed by atoms with Gasteiger partial charge in [0.25, 0.3) is 11.6 Å². The molecule has 0 aromatic heterocycles. The number of hydrogen-bond acceptors (Lipinski definition) is 5. The molecular formula is C13H16N4O4. The number of hydrogen-bond donors (Lipinski definition) is 3. The van der Waals surface area contributed by atoms with Gasteiger partial charge in [0.2, 0.25) is 5.91 Å². The van der Waals surface area contributed by atoms with E-state index in [1.807, 2.05) is 0 Å². The van der Waals surface area contributed by atoms with E-state index in [4.69, 9.17) is 5.73 Å². The Morgan fingerprint density at radius 1 is 1.43 bits per heavy atom. The van der Waals surface area contributed by atoms with Gasteiger partial charge in [0, 0.05) is 17.7 Å². The molecule has 0 spiro atoms. The third-order valence-corrected chi connectivity index (χ3v) is 3.15. The van der Waals surface area contributed by atoms with Gasteiger partial charge in [-0.25, -0.2) is 0 Å². The summed E-state index contributed by atoms with van der Waals surface area (Å²) in [5, 5.41) is 16.0. The normalized spacial score (nSPS) is 15.1. The maximum Gasteiger partial charge on any atom is 0.292 e. The first-order chi connectivity index (χ1) is 9.88. The van der Waals surface area contributed by atoms with Crippen molar-refractivity contribution in [3.05, 3.63) is 33.9 Å². The van der Waals surface area contributed by atoms with Crippen molar-refractivity contribution in [3.63, 3.8) is 0 Å². The maximum atomic E-state index is 12.0. The van der Waals surface area contributed by atoms with Crippen LogP contribution in [0.25, 0.3) is 0 Å². The van der Waals surface area contributed by atoms with Crippen molar-refractivity contribution in [1.29, 1.82) is 0 Å². The summed E-state index contributed by atoms with van der Waals surface area (Å²) >= 11 is 0. The Balaban J connectivity index is 2.00. The number of benzene rings is 1. The standard InChI is InChI=1S/C13H16N4O4/c1-7(12(18)16-9-3-4-9)15-13(19)8-2-5-11(17(20)21)10(14)6-8/h2,5-7,9H,3-4,14H2,1H3,(H,15,19)(H,16,18). The van der Waals surface area contributed by atoms with Gasteiger partial charge in [0.1, 0.15) is 11.7 Å². The van der Waals surface area contributed by atoms with Gasteiger partial charge < -0.3 is 16.4 Å². The van der Waals surface area contributed by atoms with E-state index in [0.29, 0.717) is 0 Å². The minimum atomic E-state index is -0.686. The lowest BCUT2D eigenvalue weighted by atomic mass is 10.1. The lowest BCUT2D eigenvalue weighted by Crippen LogP contribution is -2.45. The fourth-order valence-corrected chi connectivity index (χ4v) is 1.76. The summed E-state index contributed by atoms with van der Waals surface area (Å²) in [7, 11) is 0. The highest BCUT2D eigenvalue weighted by atomic mass is 16.6. The molecule has 1 aromatic rings. The van der Waals surface area contributed by atoms with Crippen LogP contribution in [-0.2, 0) is 4.79 Å². The summed E-state index contributed by atoms with van der Waals surface area (Å²) in [6.45, 7) is 1.57. The summed E-state index contributed by atoms with van der Waals surface area (Å²) in [5.74, 6) is -0.754. The van der Waals surface area contributed by atoms with E-state index in [1.54, 1.807) is 6.92 Å². The zero-order valence-electron chi connectivity index (χ0n) is 11.5. The lowest BCUT2D eigenvalue weighted by Gasteiger charge is -2.14. The van der Waals surface area contributed by atoms with Crippen LogP contribution >= 0.6 is 0 Å². The van der Waals surface area contributed by atoms with Gasteiger partial charge in [0.05, 0.1) is 4.92 Å². The van der Waals surface area contributed by atoms with E-state index in [0.717, 1.165) is 12.8 Å². The number of nitro groups is 1. The highest BCUT2D eigenvalue weighted by Crippen LogP contribution is 2.22. The smallest absolute Gasteiger partial charge is 0.292 e. The molecule has 1 atom stereocenters. The molecule has 8 heteroatoms. The van der Waals surface area contributed by atoms with Crippen LogP contribution in [0.15, 0.2) is 18.2 Å². The lowest BCUT2D eigenvalue weighted by molar-refractivity contribution is -0.383. The van der Waals surface area contributed by atoms with E-state index in [-0.39, 0.29) is 28.9 Å². The topological polar surface area (TPSA) is 127 Å². The molecule has 1 saturated carbocycles. The molecule has 1 aliphatic rings. The minimum absolute atomic E-state index is 0.0947. The van der Waals surface area contributed by atoms with Gasteiger partial charge >= 0.3 is 0 Å². The van der Waals surface area contributed by atoms with Gasteiger partial charge in [-0.3, -0.25) is 19.7 Å². The molecule has 1 fully saturated rings. The van der Waals surface area contributed by atoms with Gasteiger partial charge in [-0.05, 0) is 31.9 Å². The Morgan fingerprint density at radius 3 is 2.62 bits per heavy atom. The first-order valence-electron chi connectivity index (χ1n) is 6.53. The number of nitrogen functional groups attached to an aromatic ring is 1. The van der Waals surface area contributed by atoms with E-state index >= 15 is 0 Å². The molecule has 0 heterocycles. The van der Waals surface area contributed by atoms with Crippen molar-refractivity contribution in [2.75, 3.05) is 5.73 Å². The predicted molar refractivity (Wildman–Crippen MR) is 75.6 cm³/mol. The first kappa shape index (κ1) is 14.8. The van der Waals surface area contributed by atoms with Gasteiger partial charge in [-0.2, -0.15) is 0 Å². The van der Waals surface area contributed by atoms with Crippen LogP contribution in [0, 0.1) is 10.1 Å². The summed E-state index contributed by atoms with van der Waals surface area (Å²) in [6, 6.07) is 3.22. The molecule has 0 radical (unpaired) electrons. The van der Waals surface area contributed by atoms with Gasteiger partial charge in [0.15, 0.2) is 0 Å². The van der Waals surface area contributed by atoms with Gasteiger partial charge in [-0.15, -0.1) is 0 Å². The number of carbonyl (C=O) groups excluding carboxylic acids is 2. The number of nitrogens with two attached hydrogens (primary N) is 1. The number of nitrogens with one attached hydrogen (secondary N) is 2. The van der Waals surface area contributed by atoms with Crippen molar-refractivity contribution < 1.29 is 14.5 Å². The molecule has 112 valence electrons. The van der Waals surface area contributed by atoms with E-state index < -0.39 is 16.9 Å². The van der Waals surface area contributed by atoms with Crippen molar-refractivity contribution in [2.45, 2.75) is 31.8 Å². The van der Waals surface area contributed by atoms with Crippen LogP contribution < -0.4 is 16.4 Å². The Kier molecular flexibility index (Phi) is 4.06. The Labute approximate surface area is 120 Å². The average molecular weight is 292 g/mol. The Bertz CT molecular complexity index is 598. The van der Waals surface area contributed by atoms with Crippen molar-refractivity contribution in [2.24, 2.45) is 0 Å². The summed E-state index contributed by atoms with van der Waals surface area (Å²) in [5.41, 5.74) is 5.34. The number of amides is 2. The largest absolute Gasteiger partial charge is 0.393 e. The molecule has 1 aliphatic carbocycles. The second kappa shape index (κ2) is 5.78. The highest BCUT2D eigenvalue weighted by molar-refractivity contribution is 5.98. The molecule has 0 bridgehead atoms. The van der Waals surface area contributed by atoms with Crippen LogP contribution in [0.1, 0.15) is 30.1 Å². The molecule has 21 heavy (non-hydrogen) atoms. The second-order valence-corrected chi connectivity index (χ2v) is 5.01. The van der Waals surface area contributed by atoms with E-state index in [2.05, 4.69) is 10.6 Å². The zero-order chi connectivity index (χ0) is 15.6. The summed E-state index contributed by atoms with van der Waals surface area (Å²) in [4.78, 5) is 33.7. The van der Waals surface area contributed by atoms with Crippen LogP contribution in [0.3, 0.4) is 0 Å². The van der Waals surface area contributed by atoms with Crippen molar-refractivity contribution in [3.8, 4) is 0 Å². The molecule has 1 aromatic carbocycles. The van der Waals surface area contributed by atoms with Crippen molar-refractivity contribution in [1.82, 2.24) is 10.6 Å². The summed E-state index contributed by atoms with van der Waals surface area (Å²) in [6.07, 6.45) is 1.93. The zero-order valence-corrected chi connectivity index (χ0v) is 11.5. The SMILES string of the molecule is CC(NC(=O)c1ccc([N+](=O)[O-])c(N)c1)C(=O)NC1CC1. The molecule has 2 amide bonds. The van der Waals surface area contributed by atoms with Gasteiger partial charge in [-0.1, -0.05) is 0 Å². The average Bonchev–Trinajstić information content (AvgIpc) is 3.21. The first-order valence-corrected chi connectivity index (χ1v) is 6.53. The van der Waals surface area contributed by atoms with Crippen LogP contribution in [0.2, 0.25) is 0 Å². The third-order valence-electron chi connectivity index (χ3n) is 3.15. The number of nitrogens with zero attached hydrogens (tertiary/aromatic N) is 1. The number of carbonyl (C=O) groups is 2. The number of rotatable bonds is 5. The summed E-state index contributed by atoms with van der Waals surface area (Å²) < 4.78 is 0. The molecule has 1 unspecified atom stereocenters. The quantitative estimate of drug-likeness (QED) is 0.415. The Hall–Kier alpha value is -2.64.